The summed E-state index contributed by atoms with van der Waals surface area (Å²) in [4.78, 5) is 0. The summed E-state index contributed by atoms with van der Waals surface area (Å²) >= 11 is 0. The first-order valence-electron chi connectivity index (χ1n) is 7.47. The van der Waals surface area contributed by atoms with Crippen LogP contribution in [0.4, 0.5) is 0 Å². The van der Waals surface area contributed by atoms with Gasteiger partial charge < -0.3 is 0 Å². The number of hydrogen-bond donors (Lipinski definition) is 0. The molecule has 0 aromatic carbocycles. The van der Waals surface area contributed by atoms with Crippen molar-refractivity contribution in [3.63, 3.8) is 0 Å². The fourth-order valence-corrected chi connectivity index (χ4v) is 0.957. The van der Waals surface area contributed by atoms with Crippen molar-refractivity contribution in [1.82, 2.24) is 0 Å². The van der Waals surface area contributed by atoms with E-state index in [4.69, 9.17) is 0 Å². The van der Waals surface area contributed by atoms with Gasteiger partial charge in [0.2, 0.25) is 0 Å². The van der Waals surface area contributed by atoms with Gasteiger partial charge in [-0.2, -0.15) is 0 Å². The van der Waals surface area contributed by atoms with Crippen molar-refractivity contribution in [1.29, 1.82) is 0 Å². The zero-order chi connectivity index (χ0) is 17.0. The van der Waals surface area contributed by atoms with Gasteiger partial charge in [0.15, 0.2) is 0 Å². The zero-order valence-corrected chi connectivity index (χ0v) is 15.4. The lowest BCUT2D eigenvalue weighted by atomic mass is 9.65. The topological polar surface area (TPSA) is 0 Å². The summed E-state index contributed by atoms with van der Waals surface area (Å²) in [5.74, 6) is 0. The Kier molecular flexibility index (Phi) is 14.1. The molecule has 0 aromatic heterocycles. The van der Waals surface area contributed by atoms with Crippen LogP contribution in [0.1, 0.15) is 68.2 Å². The molecule has 0 bridgehead atoms. The van der Waals surface area contributed by atoms with Crippen LogP contribution >= 0.6 is 0 Å². The van der Waals surface area contributed by atoms with Gasteiger partial charge in [-0.25, -0.2) is 0 Å². The van der Waals surface area contributed by atoms with Gasteiger partial charge in [-0.1, -0.05) is 104 Å². The molecular weight excluding hydrogens is 240 g/mol. The molecule has 0 unspecified atom stereocenters. The van der Waals surface area contributed by atoms with E-state index in [1.807, 2.05) is 13.8 Å². The minimum absolute atomic E-state index is 0.488. The molecule has 0 N–H and O–H groups in total. The van der Waals surface area contributed by atoms with E-state index in [-0.39, 0.29) is 0 Å². The van der Waals surface area contributed by atoms with E-state index in [0.29, 0.717) is 10.8 Å². The van der Waals surface area contributed by atoms with Crippen molar-refractivity contribution in [3.05, 3.63) is 49.6 Å². The minimum atomic E-state index is 0.488. The van der Waals surface area contributed by atoms with Gasteiger partial charge in [0.1, 0.15) is 0 Å². The Labute approximate surface area is 129 Å². The normalized spacial score (nSPS) is 10.2. The fraction of sp³-hybridized carbons (Fsp3) is 0.600. The highest BCUT2D eigenvalue weighted by molar-refractivity contribution is 5.06. The summed E-state index contributed by atoms with van der Waals surface area (Å²) in [5.41, 5.74) is 3.01. The number of rotatable bonds is 5. The summed E-state index contributed by atoms with van der Waals surface area (Å²) in [6.07, 6.45) is 5.99. The Morgan fingerprint density at radius 3 is 0.950 bits per heavy atom. The van der Waals surface area contributed by atoms with E-state index in [9.17, 15) is 0 Å². The predicted octanol–water partition coefficient (Wildman–Crippen LogP) is 7.36. The molecule has 0 aliphatic rings. The Balaban J connectivity index is -0.000000244. The van der Waals surface area contributed by atoms with Crippen LogP contribution in [0.3, 0.4) is 0 Å². The lowest BCUT2D eigenvalue weighted by Crippen LogP contribution is -2.30. The average Bonchev–Trinajstić information content (AvgIpc) is 2.39. The third-order valence-electron chi connectivity index (χ3n) is 4.30. The van der Waals surface area contributed by atoms with E-state index in [1.54, 1.807) is 12.2 Å². The summed E-state index contributed by atoms with van der Waals surface area (Å²) in [7, 11) is 0. The van der Waals surface area contributed by atoms with Gasteiger partial charge in [-0.05, 0) is 24.7 Å². The number of allylic oxidation sites excluding steroid dienone is 4. The second-order valence-electron chi connectivity index (χ2n) is 6.58. The quantitative estimate of drug-likeness (QED) is 0.461. The molecule has 0 fully saturated rings. The number of hydrogen-bond acceptors (Lipinski definition) is 0. The maximum atomic E-state index is 3.56. The highest BCUT2D eigenvalue weighted by Crippen LogP contribution is 2.43. The molecule has 0 radical (unpaired) electrons. The van der Waals surface area contributed by atoms with Crippen LogP contribution in [0.25, 0.3) is 0 Å². The summed E-state index contributed by atoms with van der Waals surface area (Å²) < 4.78 is 0. The lowest BCUT2D eigenvalue weighted by molar-refractivity contribution is 0.0998. The van der Waals surface area contributed by atoms with E-state index in [0.717, 1.165) is 11.1 Å². The van der Waals surface area contributed by atoms with Crippen LogP contribution in [-0.4, -0.2) is 0 Å². The zero-order valence-electron chi connectivity index (χ0n) is 15.4. The third-order valence-corrected chi connectivity index (χ3v) is 4.30. The molecule has 0 aromatic rings. The largest absolute Gasteiger partial charge is 0.0988 e. The van der Waals surface area contributed by atoms with Crippen LogP contribution in [0.2, 0.25) is 0 Å². The molecule has 0 saturated heterocycles. The summed E-state index contributed by atoms with van der Waals surface area (Å²) in [6, 6.07) is 0. The molecule has 0 aliphatic heterocycles. The van der Waals surface area contributed by atoms with Crippen LogP contribution in [-0.2, 0) is 0 Å². The smallest absolute Gasteiger partial charge is 0.0306 e. The Morgan fingerprint density at radius 1 is 0.750 bits per heavy atom. The molecule has 0 rings (SSSR count). The van der Waals surface area contributed by atoms with Crippen molar-refractivity contribution in [2.75, 3.05) is 0 Å². The standard InChI is InChI=1S/C10H22.2C5H8/c1-7-9(3,4)10(5,6)8-2;2*1-4-5(2)3/h7-8H2,1-6H3;2*4H,1-2H2,3H3. The van der Waals surface area contributed by atoms with Gasteiger partial charge in [-0.15, -0.1) is 0 Å². The van der Waals surface area contributed by atoms with E-state index < -0.39 is 0 Å². The van der Waals surface area contributed by atoms with Crippen LogP contribution in [0.5, 0.6) is 0 Å². The van der Waals surface area contributed by atoms with Crippen LogP contribution < -0.4 is 0 Å². The maximum absolute atomic E-state index is 3.56. The molecular formula is C20H38. The van der Waals surface area contributed by atoms with Gasteiger partial charge >= 0.3 is 0 Å². The van der Waals surface area contributed by atoms with Crippen molar-refractivity contribution < 1.29 is 0 Å². The summed E-state index contributed by atoms with van der Waals surface area (Å²) in [6.45, 7) is 31.8. The first-order valence-corrected chi connectivity index (χ1v) is 7.47. The SMILES string of the molecule is C=CC(=C)C.C=CC(=C)C.CCC(C)(C)C(C)(C)CC. The Morgan fingerprint density at radius 2 is 0.900 bits per heavy atom. The van der Waals surface area contributed by atoms with Crippen molar-refractivity contribution >= 4 is 0 Å². The molecule has 0 heteroatoms. The molecule has 0 aliphatic carbocycles. The van der Waals surface area contributed by atoms with E-state index in [2.05, 4.69) is 67.9 Å². The molecule has 20 heavy (non-hydrogen) atoms. The monoisotopic (exact) mass is 278 g/mol. The van der Waals surface area contributed by atoms with Crippen molar-refractivity contribution in [2.45, 2.75) is 68.2 Å². The first-order chi connectivity index (χ1) is 8.91. The molecule has 0 amide bonds. The Bertz CT molecular complexity index is 268. The lowest BCUT2D eigenvalue weighted by Gasteiger charge is -2.40. The second-order valence-corrected chi connectivity index (χ2v) is 6.58. The molecule has 0 saturated carbocycles. The summed E-state index contributed by atoms with van der Waals surface area (Å²) in [5, 5.41) is 0. The van der Waals surface area contributed by atoms with Gasteiger partial charge in [0.05, 0.1) is 0 Å². The highest BCUT2D eigenvalue weighted by atomic mass is 14.4. The van der Waals surface area contributed by atoms with E-state index in [1.165, 1.54) is 12.8 Å². The predicted molar refractivity (Wildman–Crippen MR) is 98.2 cm³/mol. The molecule has 118 valence electrons. The average molecular weight is 279 g/mol. The van der Waals surface area contributed by atoms with Gasteiger partial charge in [0, 0.05) is 0 Å². The van der Waals surface area contributed by atoms with Crippen LogP contribution in [0, 0.1) is 10.8 Å². The van der Waals surface area contributed by atoms with Gasteiger partial charge in [0.25, 0.3) is 0 Å². The molecule has 0 nitrogen and oxygen atoms in total. The van der Waals surface area contributed by atoms with Crippen molar-refractivity contribution in [3.8, 4) is 0 Å². The second kappa shape index (κ2) is 11.8. The maximum Gasteiger partial charge on any atom is -0.0306 e. The highest BCUT2D eigenvalue weighted by Gasteiger charge is 2.33. The van der Waals surface area contributed by atoms with E-state index >= 15 is 0 Å². The Hall–Kier alpha value is -1.04. The molecule has 0 atom stereocenters. The van der Waals surface area contributed by atoms with Gasteiger partial charge in [-0.3, -0.25) is 0 Å². The molecule has 0 spiro atoms. The fourth-order valence-electron chi connectivity index (χ4n) is 0.957. The first kappa shape index (κ1) is 24.0. The minimum Gasteiger partial charge on any atom is -0.0988 e. The third kappa shape index (κ3) is 13.4. The molecule has 0 heterocycles. The van der Waals surface area contributed by atoms with Crippen LogP contribution in [0.15, 0.2) is 49.6 Å². The van der Waals surface area contributed by atoms with Crippen molar-refractivity contribution in [2.24, 2.45) is 10.8 Å².